The molecule has 2 N–H and O–H groups in total. The Hall–Kier alpha value is -2.07. The van der Waals surface area contributed by atoms with E-state index in [0.29, 0.717) is 6.54 Å². The second kappa shape index (κ2) is 6.75. The molecule has 2 aromatic rings. The fourth-order valence-corrected chi connectivity index (χ4v) is 1.68. The lowest BCUT2D eigenvalue weighted by Crippen LogP contribution is -2.12. The molecule has 0 saturated carbocycles. The van der Waals surface area contributed by atoms with Crippen LogP contribution in [0.3, 0.4) is 0 Å². The number of hydrogen-bond acceptors (Lipinski definition) is 3. The summed E-state index contributed by atoms with van der Waals surface area (Å²) in [5, 5.41) is 5.92. The lowest BCUT2D eigenvalue weighted by atomic mass is 10.2. The zero-order chi connectivity index (χ0) is 13.5. The summed E-state index contributed by atoms with van der Waals surface area (Å²) in [6, 6.07) is 13.3. The maximum atomic E-state index is 11.2. The number of pyridine rings is 1. The molecular formula is C14H14ClN3O. The SMILES string of the molecule is O=C(CCl)Nc1cccc(CNc2ccccn2)c1. The number of alkyl halides is 1. The zero-order valence-corrected chi connectivity index (χ0v) is 11.0. The van der Waals surface area contributed by atoms with Gasteiger partial charge in [0.05, 0.1) is 0 Å². The van der Waals surface area contributed by atoms with Gasteiger partial charge in [0.1, 0.15) is 11.7 Å². The number of amides is 1. The van der Waals surface area contributed by atoms with Crippen LogP contribution in [0.15, 0.2) is 48.7 Å². The van der Waals surface area contributed by atoms with Gasteiger partial charge in [0, 0.05) is 18.4 Å². The lowest BCUT2D eigenvalue weighted by molar-refractivity contribution is -0.113. The summed E-state index contributed by atoms with van der Waals surface area (Å²) in [5.41, 5.74) is 1.80. The van der Waals surface area contributed by atoms with E-state index in [1.54, 1.807) is 6.20 Å². The van der Waals surface area contributed by atoms with Gasteiger partial charge in [-0.2, -0.15) is 0 Å². The Bertz CT molecular complexity index is 545. The highest BCUT2D eigenvalue weighted by Gasteiger charge is 2.01. The number of nitrogens with one attached hydrogen (secondary N) is 2. The van der Waals surface area contributed by atoms with Gasteiger partial charge in [0.15, 0.2) is 0 Å². The first kappa shape index (κ1) is 13.4. The fraction of sp³-hybridized carbons (Fsp3) is 0.143. The molecule has 1 aromatic heterocycles. The van der Waals surface area contributed by atoms with Crippen LogP contribution in [-0.4, -0.2) is 16.8 Å². The predicted octanol–water partition coefficient (Wildman–Crippen LogP) is 2.87. The summed E-state index contributed by atoms with van der Waals surface area (Å²) in [4.78, 5) is 15.4. The van der Waals surface area contributed by atoms with Gasteiger partial charge in [-0.15, -0.1) is 11.6 Å². The van der Waals surface area contributed by atoms with Crippen molar-refractivity contribution in [3.05, 3.63) is 54.2 Å². The number of halogens is 1. The molecular weight excluding hydrogens is 262 g/mol. The van der Waals surface area contributed by atoms with Crippen LogP contribution < -0.4 is 10.6 Å². The molecule has 1 aromatic carbocycles. The van der Waals surface area contributed by atoms with Gasteiger partial charge < -0.3 is 10.6 Å². The normalized spacial score (nSPS) is 9.95. The Morgan fingerprint density at radius 1 is 1.21 bits per heavy atom. The van der Waals surface area contributed by atoms with Crippen molar-refractivity contribution in [3.8, 4) is 0 Å². The van der Waals surface area contributed by atoms with Crippen LogP contribution in [0.2, 0.25) is 0 Å². The Morgan fingerprint density at radius 3 is 2.84 bits per heavy atom. The minimum Gasteiger partial charge on any atom is -0.366 e. The minimum absolute atomic E-state index is 0.0452. The van der Waals surface area contributed by atoms with Crippen molar-refractivity contribution in [2.75, 3.05) is 16.5 Å². The Kier molecular flexibility index (Phi) is 4.75. The molecule has 0 saturated heterocycles. The van der Waals surface area contributed by atoms with Crippen LogP contribution in [0, 0.1) is 0 Å². The number of hydrogen-bond donors (Lipinski definition) is 2. The first-order valence-electron chi connectivity index (χ1n) is 5.87. The van der Waals surface area contributed by atoms with Crippen molar-refractivity contribution in [1.29, 1.82) is 0 Å². The van der Waals surface area contributed by atoms with Crippen molar-refractivity contribution >= 4 is 29.0 Å². The number of carbonyl (C=O) groups is 1. The monoisotopic (exact) mass is 275 g/mol. The highest BCUT2D eigenvalue weighted by atomic mass is 35.5. The second-order valence-electron chi connectivity index (χ2n) is 3.95. The summed E-state index contributed by atoms with van der Waals surface area (Å²) >= 11 is 5.45. The van der Waals surface area contributed by atoms with E-state index in [1.807, 2.05) is 42.5 Å². The van der Waals surface area contributed by atoms with E-state index in [1.165, 1.54) is 0 Å². The summed E-state index contributed by atoms with van der Waals surface area (Å²) in [6.45, 7) is 0.640. The average molecular weight is 276 g/mol. The van der Waals surface area contributed by atoms with E-state index >= 15 is 0 Å². The first-order chi connectivity index (χ1) is 9.28. The van der Waals surface area contributed by atoms with Crippen molar-refractivity contribution in [1.82, 2.24) is 4.98 Å². The quantitative estimate of drug-likeness (QED) is 0.825. The molecule has 0 unspecified atom stereocenters. The second-order valence-corrected chi connectivity index (χ2v) is 4.22. The molecule has 0 aliphatic rings. The van der Waals surface area contributed by atoms with E-state index < -0.39 is 0 Å². The van der Waals surface area contributed by atoms with Crippen molar-refractivity contribution < 1.29 is 4.79 Å². The molecule has 5 heteroatoms. The largest absolute Gasteiger partial charge is 0.366 e. The first-order valence-corrected chi connectivity index (χ1v) is 6.41. The number of anilines is 2. The van der Waals surface area contributed by atoms with Crippen LogP contribution >= 0.6 is 11.6 Å². The number of rotatable bonds is 5. The average Bonchev–Trinajstić information content (AvgIpc) is 2.46. The molecule has 19 heavy (non-hydrogen) atoms. The van der Waals surface area contributed by atoms with Gasteiger partial charge in [-0.3, -0.25) is 4.79 Å². The maximum absolute atomic E-state index is 11.2. The van der Waals surface area contributed by atoms with Gasteiger partial charge in [-0.05, 0) is 29.8 Å². The Balaban J connectivity index is 1.97. The van der Waals surface area contributed by atoms with E-state index in [2.05, 4.69) is 15.6 Å². The Labute approximate surface area is 116 Å². The number of benzene rings is 1. The molecule has 0 atom stereocenters. The predicted molar refractivity (Wildman–Crippen MR) is 77.4 cm³/mol. The summed E-state index contributed by atoms with van der Waals surface area (Å²) < 4.78 is 0. The van der Waals surface area contributed by atoms with Crippen molar-refractivity contribution in [2.24, 2.45) is 0 Å². The van der Waals surface area contributed by atoms with E-state index in [9.17, 15) is 4.79 Å². The van der Waals surface area contributed by atoms with Crippen LogP contribution in [-0.2, 0) is 11.3 Å². The van der Waals surface area contributed by atoms with Crippen LogP contribution in [0.1, 0.15) is 5.56 Å². The highest BCUT2D eigenvalue weighted by molar-refractivity contribution is 6.29. The Morgan fingerprint density at radius 2 is 2.11 bits per heavy atom. The minimum atomic E-state index is -0.212. The van der Waals surface area contributed by atoms with Gasteiger partial charge in [0.25, 0.3) is 0 Å². The molecule has 0 fully saturated rings. The van der Waals surface area contributed by atoms with E-state index in [-0.39, 0.29) is 11.8 Å². The highest BCUT2D eigenvalue weighted by Crippen LogP contribution is 2.12. The molecule has 0 bridgehead atoms. The molecule has 4 nitrogen and oxygen atoms in total. The molecule has 2 rings (SSSR count). The van der Waals surface area contributed by atoms with Gasteiger partial charge in [-0.25, -0.2) is 4.98 Å². The molecule has 0 aliphatic carbocycles. The summed E-state index contributed by atoms with van der Waals surface area (Å²) in [5.74, 6) is 0.561. The van der Waals surface area contributed by atoms with Gasteiger partial charge >= 0.3 is 0 Å². The van der Waals surface area contributed by atoms with Crippen molar-refractivity contribution in [3.63, 3.8) is 0 Å². The maximum Gasteiger partial charge on any atom is 0.239 e. The molecule has 0 spiro atoms. The third kappa shape index (κ3) is 4.26. The van der Waals surface area contributed by atoms with Gasteiger partial charge in [-0.1, -0.05) is 18.2 Å². The van der Waals surface area contributed by atoms with Crippen molar-refractivity contribution in [2.45, 2.75) is 6.54 Å². The zero-order valence-electron chi connectivity index (χ0n) is 10.3. The third-order valence-electron chi connectivity index (χ3n) is 2.47. The van der Waals surface area contributed by atoms with E-state index in [4.69, 9.17) is 11.6 Å². The topological polar surface area (TPSA) is 54.0 Å². The van der Waals surface area contributed by atoms with Crippen LogP contribution in [0.4, 0.5) is 11.5 Å². The van der Waals surface area contributed by atoms with Crippen LogP contribution in [0.5, 0.6) is 0 Å². The van der Waals surface area contributed by atoms with Gasteiger partial charge in [0.2, 0.25) is 5.91 Å². The summed E-state index contributed by atoms with van der Waals surface area (Å²) in [6.07, 6.45) is 1.74. The number of carbonyl (C=O) groups excluding carboxylic acids is 1. The number of aromatic nitrogens is 1. The third-order valence-corrected chi connectivity index (χ3v) is 2.71. The fourth-order valence-electron chi connectivity index (χ4n) is 1.61. The molecule has 0 radical (unpaired) electrons. The van der Waals surface area contributed by atoms with Crippen LogP contribution in [0.25, 0.3) is 0 Å². The molecule has 0 aliphatic heterocycles. The summed E-state index contributed by atoms with van der Waals surface area (Å²) in [7, 11) is 0. The van der Waals surface area contributed by atoms with E-state index in [0.717, 1.165) is 17.1 Å². The smallest absolute Gasteiger partial charge is 0.239 e. The number of nitrogens with zero attached hydrogens (tertiary/aromatic N) is 1. The molecule has 1 amide bonds. The molecule has 98 valence electrons. The standard InChI is InChI=1S/C14H14ClN3O/c15-9-14(19)18-12-5-3-4-11(8-12)10-17-13-6-1-2-7-16-13/h1-8H,9-10H2,(H,16,17)(H,18,19). The molecule has 1 heterocycles. The lowest BCUT2D eigenvalue weighted by Gasteiger charge is -2.08.